The first-order valence-corrected chi connectivity index (χ1v) is 8.44. The van der Waals surface area contributed by atoms with E-state index in [1.807, 2.05) is 24.3 Å². The topological polar surface area (TPSA) is 69.6 Å². The molecule has 0 spiro atoms. The monoisotopic (exact) mass is 316 g/mol. The number of nitrogens with zero attached hydrogens (tertiary/aromatic N) is 1. The van der Waals surface area contributed by atoms with Crippen LogP contribution in [0.5, 0.6) is 0 Å². The van der Waals surface area contributed by atoms with Crippen molar-refractivity contribution in [1.29, 1.82) is 0 Å². The summed E-state index contributed by atoms with van der Waals surface area (Å²) in [4.78, 5) is 25.5. The number of piperidine rings is 1. The van der Waals surface area contributed by atoms with E-state index in [4.69, 9.17) is 0 Å². The second-order valence-electron chi connectivity index (χ2n) is 6.59. The van der Waals surface area contributed by atoms with E-state index in [1.165, 1.54) is 0 Å². The fourth-order valence-corrected chi connectivity index (χ4v) is 3.58. The van der Waals surface area contributed by atoms with Crippen molar-refractivity contribution >= 4 is 11.8 Å². The molecule has 1 unspecified atom stereocenters. The summed E-state index contributed by atoms with van der Waals surface area (Å²) in [5.74, 6) is -0.148. The van der Waals surface area contributed by atoms with Gasteiger partial charge in [0.1, 0.15) is 5.60 Å². The maximum Gasteiger partial charge on any atom is 0.239 e. The molecular weight excluding hydrogens is 292 g/mol. The largest absolute Gasteiger partial charge is 0.383 e. The van der Waals surface area contributed by atoms with Crippen molar-refractivity contribution in [2.24, 2.45) is 0 Å². The Hall–Kier alpha value is -1.88. The summed E-state index contributed by atoms with van der Waals surface area (Å²) in [6, 6.07) is 7.87. The van der Waals surface area contributed by atoms with Crippen molar-refractivity contribution in [1.82, 2.24) is 10.2 Å². The van der Waals surface area contributed by atoms with Gasteiger partial charge in [-0.15, -0.1) is 0 Å². The maximum absolute atomic E-state index is 12.1. The quantitative estimate of drug-likeness (QED) is 0.881. The number of likely N-dealkylation sites (tertiary alicyclic amines) is 1. The lowest BCUT2D eigenvalue weighted by Crippen LogP contribution is -2.47. The van der Waals surface area contributed by atoms with Gasteiger partial charge in [0.05, 0.1) is 13.1 Å². The molecule has 2 aliphatic rings. The van der Waals surface area contributed by atoms with Crippen molar-refractivity contribution in [3.63, 3.8) is 0 Å². The number of carbonyl (C=O) groups excluding carboxylic acids is 2. The molecule has 1 saturated heterocycles. The highest BCUT2D eigenvalue weighted by atomic mass is 16.3. The Kier molecular flexibility index (Phi) is 4.66. The molecule has 0 radical (unpaired) electrons. The second-order valence-corrected chi connectivity index (χ2v) is 6.59. The molecule has 1 aliphatic heterocycles. The molecule has 1 aliphatic carbocycles. The van der Waals surface area contributed by atoms with E-state index in [-0.39, 0.29) is 24.9 Å². The lowest BCUT2D eigenvalue weighted by atomic mass is 9.79. The molecule has 1 atom stereocenters. The number of carbonyl (C=O) groups is 2. The fraction of sp³-hybridized carbons (Fsp3) is 0.556. The van der Waals surface area contributed by atoms with Crippen molar-refractivity contribution < 1.29 is 14.7 Å². The summed E-state index contributed by atoms with van der Waals surface area (Å²) >= 11 is 0. The number of hydrogen-bond acceptors (Lipinski definition) is 3. The molecule has 1 aromatic rings. The minimum absolute atomic E-state index is 0.0492. The standard InChI is InChI=1S/C18H24N2O3/c21-16(12-20-11-4-3-9-17(20)22)19-13-18(23)10-5-7-14-6-1-2-8-15(14)18/h1-2,6,8,23H,3-5,7,9-13H2,(H,19,21). The molecule has 124 valence electrons. The third kappa shape index (κ3) is 3.55. The molecule has 3 rings (SSSR count). The molecule has 0 saturated carbocycles. The summed E-state index contributed by atoms with van der Waals surface area (Å²) in [5, 5.41) is 13.8. The summed E-state index contributed by atoms with van der Waals surface area (Å²) < 4.78 is 0. The van der Waals surface area contributed by atoms with Gasteiger partial charge in [-0.2, -0.15) is 0 Å². The highest BCUT2D eigenvalue weighted by Crippen LogP contribution is 2.34. The highest BCUT2D eigenvalue weighted by molar-refractivity contribution is 5.85. The van der Waals surface area contributed by atoms with E-state index in [0.717, 1.165) is 36.8 Å². The van der Waals surface area contributed by atoms with Gasteiger partial charge < -0.3 is 15.3 Å². The third-order valence-corrected chi connectivity index (χ3v) is 4.89. The normalized spacial score (nSPS) is 24.2. The lowest BCUT2D eigenvalue weighted by molar-refractivity contribution is -0.138. The summed E-state index contributed by atoms with van der Waals surface area (Å²) in [6.07, 6.45) is 4.92. The minimum atomic E-state index is -1.00. The number of aryl methyl sites for hydroxylation is 1. The Balaban J connectivity index is 1.59. The number of amides is 2. The van der Waals surface area contributed by atoms with Gasteiger partial charge >= 0.3 is 0 Å². The van der Waals surface area contributed by atoms with Crippen LogP contribution in [0.1, 0.15) is 43.2 Å². The second kappa shape index (κ2) is 6.71. The van der Waals surface area contributed by atoms with Gasteiger partial charge in [-0.1, -0.05) is 24.3 Å². The van der Waals surface area contributed by atoms with Crippen LogP contribution in [-0.2, 0) is 21.6 Å². The first-order valence-electron chi connectivity index (χ1n) is 8.44. The SMILES string of the molecule is O=C(CN1CCCCC1=O)NCC1(O)CCCc2ccccc21. The number of benzene rings is 1. The van der Waals surface area contributed by atoms with Crippen molar-refractivity contribution in [2.75, 3.05) is 19.6 Å². The zero-order valence-electron chi connectivity index (χ0n) is 13.4. The molecule has 1 heterocycles. The van der Waals surface area contributed by atoms with E-state index in [0.29, 0.717) is 19.4 Å². The van der Waals surface area contributed by atoms with Crippen molar-refractivity contribution in [3.05, 3.63) is 35.4 Å². The van der Waals surface area contributed by atoms with Gasteiger partial charge in [0.2, 0.25) is 11.8 Å². The molecule has 23 heavy (non-hydrogen) atoms. The highest BCUT2D eigenvalue weighted by Gasteiger charge is 2.34. The first-order chi connectivity index (χ1) is 11.1. The summed E-state index contributed by atoms with van der Waals surface area (Å²) in [5.41, 5.74) is 1.07. The number of hydrogen-bond donors (Lipinski definition) is 2. The Bertz CT molecular complexity index is 602. The van der Waals surface area contributed by atoms with Crippen LogP contribution in [0.15, 0.2) is 24.3 Å². The molecule has 1 fully saturated rings. The van der Waals surface area contributed by atoms with E-state index >= 15 is 0 Å². The summed E-state index contributed by atoms with van der Waals surface area (Å²) in [7, 11) is 0. The maximum atomic E-state index is 12.1. The minimum Gasteiger partial charge on any atom is -0.383 e. The van der Waals surface area contributed by atoms with Crippen LogP contribution in [0, 0.1) is 0 Å². The molecule has 5 heteroatoms. The molecular formula is C18H24N2O3. The van der Waals surface area contributed by atoms with Gasteiger partial charge in [-0.3, -0.25) is 9.59 Å². The molecule has 0 aromatic heterocycles. The molecule has 0 bridgehead atoms. The van der Waals surface area contributed by atoms with Gasteiger partial charge in [-0.25, -0.2) is 0 Å². The Morgan fingerprint density at radius 2 is 2.04 bits per heavy atom. The van der Waals surface area contributed by atoms with Crippen molar-refractivity contribution in [3.8, 4) is 0 Å². The Labute approximate surface area is 136 Å². The predicted molar refractivity (Wildman–Crippen MR) is 86.7 cm³/mol. The van der Waals surface area contributed by atoms with Crippen LogP contribution in [0.4, 0.5) is 0 Å². The first kappa shape index (κ1) is 16.0. The van der Waals surface area contributed by atoms with E-state index in [9.17, 15) is 14.7 Å². The van der Waals surface area contributed by atoms with Gasteiger partial charge in [0, 0.05) is 13.0 Å². The van der Waals surface area contributed by atoms with E-state index < -0.39 is 5.60 Å². The smallest absolute Gasteiger partial charge is 0.239 e. The van der Waals surface area contributed by atoms with Gasteiger partial charge in [0.15, 0.2) is 0 Å². The lowest BCUT2D eigenvalue weighted by Gasteiger charge is -2.35. The van der Waals surface area contributed by atoms with Gasteiger partial charge in [0.25, 0.3) is 0 Å². The number of rotatable bonds is 4. The van der Waals surface area contributed by atoms with Crippen LogP contribution < -0.4 is 5.32 Å². The molecule has 2 amide bonds. The van der Waals surface area contributed by atoms with Crippen LogP contribution in [0.2, 0.25) is 0 Å². The van der Waals surface area contributed by atoms with Crippen molar-refractivity contribution in [2.45, 2.75) is 44.1 Å². The van der Waals surface area contributed by atoms with Crippen LogP contribution in [-0.4, -0.2) is 41.5 Å². The molecule has 2 N–H and O–H groups in total. The summed E-state index contributed by atoms with van der Waals surface area (Å²) in [6.45, 7) is 0.945. The number of nitrogens with one attached hydrogen (secondary N) is 1. The fourth-order valence-electron chi connectivity index (χ4n) is 3.58. The number of fused-ring (bicyclic) bond motifs is 1. The average molecular weight is 316 g/mol. The van der Waals surface area contributed by atoms with Crippen LogP contribution in [0.3, 0.4) is 0 Å². The predicted octanol–water partition coefficient (Wildman–Crippen LogP) is 1.34. The molecule has 1 aromatic carbocycles. The zero-order chi connectivity index (χ0) is 16.3. The van der Waals surface area contributed by atoms with Crippen LogP contribution in [0.25, 0.3) is 0 Å². The van der Waals surface area contributed by atoms with Crippen LogP contribution >= 0.6 is 0 Å². The Morgan fingerprint density at radius 1 is 1.22 bits per heavy atom. The average Bonchev–Trinajstić information content (AvgIpc) is 2.56. The van der Waals surface area contributed by atoms with Gasteiger partial charge in [-0.05, 0) is 43.2 Å². The van der Waals surface area contributed by atoms with E-state index in [2.05, 4.69) is 5.32 Å². The zero-order valence-corrected chi connectivity index (χ0v) is 13.4. The Morgan fingerprint density at radius 3 is 2.87 bits per heavy atom. The number of aliphatic hydroxyl groups is 1. The molecule has 5 nitrogen and oxygen atoms in total. The van der Waals surface area contributed by atoms with E-state index in [1.54, 1.807) is 4.90 Å². The third-order valence-electron chi connectivity index (χ3n) is 4.89.